The van der Waals surface area contributed by atoms with E-state index in [1.165, 1.54) is 7.11 Å². The molecule has 2 aromatic rings. The van der Waals surface area contributed by atoms with Crippen LogP contribution in [0.5, 0.6) is 0 Å². The minimum Gasteiger partial charge on any atom is -0.465 e. The number of amides is 1. The van der Waals surface area contributed by atoms with Crippen molar-refractivity contribution in [2.75, 3.05) is 7.11 Å². The molecule has 1 aromatic carbocycles. The lowest BCUT2D eigenvalue weighted by Crippen LogP contribution is -2.27. The van der Waals surface area contributed by atoms with Crippen LogP contribution in [0.15, 0.2) is 28.8 Å². The number of benzene rings is 1. The van der Waals surface area contributed by atoms with Gasteiger partial charge in [0.05, 0.1) is 12.7 Å². The molecular formula is C16H19N3O4. The number of nitrogens with one attached hydrogen (secondary N) is 1. The minimum atomic E-state index is -0.377. The van der Waals surface area contributed by atoms with E-state index in [1.807, 2.05) is 12.1 Å². The number of esters is 1. The number of rotatable bonds is 6. The molecule has 122 valence electrons. The van der Waals surface area contributed by atoms with E-state index in [-0.39, 0.29) is 17.9 Å². The second-order valence-corrected chi connectivity index (χ2v) is 5.16. The summed E-state index contributed by atoms with van der Waals surface area (Å²) in [6.45, 7) is 3.51. The van der Waals surface area contributed by atoms with Crippen molar-refractivity contribution in [3.8, 4) is 0 Å². The van der Waals surface area contributed by atoms with E-state index < -0.39 is 0 Å². The molecule has 2 rings (SSSR count). The van der Waals surface area contributed by atoms with Crippen molar-refractivity contribution in [2.24, 2.45) is 0 Å². The Bertz CT molecular complexity index is 679. The molecule has 0 aliphatic rings. The van der Waals surface area contributed by atoms with E-state index in [0.29, 0.717) is 30.1 Å². The third-order valence-electron chi connectivity index (χ3n) is 3.31. The zero-order valence-electron chi connectivity index (χ0n) is 13.3. The molecule has 1 N–H and O–H groups in total. The molecule has 0 spiro atoms. The first-order valence-corrected chi connectivity index (χ1v) is 7.26. The number of ether oxygens (including phenoxy) is 1. The topological polar surface area (TPSA) is 94.3 Å². The van der Waals surface area contributed by atoms with Crippen molar-refractivity contribution in [1.29, 1.82) is 0 Å². The van der Waals surface area contributed by atoms with Gasteiger partial charge in [-0.3, -0.25) is 4.79 Å². The predicted octanol–water partition coefficient (Wildman–Crippen LogP) is 1.97. The molecule has 0 aliphatic carbocycles. The number of carbonyl (C=O) groups excluding carboxylic acids is 2. The van der Waals surface area contributed by atoms with Gasteiger partial charge in [0.1, 0.15) is 6.04 Å². The maximum Gasteiger partial charge on any atom is 0.337 e. The molecule has 1 unspecified atom stereocenters. The molecule has 1 amide bonds. The van der Waals surface area contributed by atoms with Crippen LogP contribution in [0.2, 0.25) is 0 Å². The van der Waals surface area contributed by atoms with Crippen LogP contribution in [0, 0.1) is 6.92 Å². The predicted molar refractivity (Wildman–Crippen MR) is 81.7 cm³/mol. The Morgan fingerprint density at radius 1 is 1.30 bits per heavy atom. The third kappa shape index (κ3) is 4.64. The summed E-state index contributed by atoms with van der Waals surface area (Å²) in [7, 11) is 1.34. The molecule has 0 aliphatic heterocycles. The molecule has 0 bridgehead atoms. The van der Waals surface area contributed by atoms with Crippen LogP contribution in [0.25, 0.3) is 0 Å². The number of hydrogen-bond donors (Lipinski definition) is 1. The lowest BCUT2D eigenvalue weighted by molar-refractivity contribution is -0.121. The number of nitrogens with zero attached hydrogens (tertiary/aromatic N) is 2. The quantitative estimate of drug-likeness (QED) is 0.819. The van der Waals surface area contributed by atoms with E-state index in [2.05, 4.69) is 20.2 Å². The maximum absolute atomic E-state index is 12.0. The van der Waals surface area contributed by atoms with Gasteiger partial charge in [-0.25, -0.2) is 4.79 Å². The zero-order chi connectivity index (χ0) is 16.8. The van der Waals surface area contributed by atoms with Gasteiger partial charge in [0.25, 0.3) is 0 Å². The van der Waals surface area contributed by atoms with Crippen LogP contribution in [0.3, 0.4) is 0 Å². The van der Waals surface area contributed by atoms with E-state index in [4.69, 9.17) is 4.52 Å². The Morgan fingerprint density at radius 3 is 2.57 bits per heavy atom. The summed E-state index contributed by atoms with van der Waals surface area (Å²) in [5.41, 5.74) is 1.45. The Kier molecular flexibility index (Phi) is 5.46. The molecule has 0 saturated carbocycles. The standard InChI is InChI=1S/C16H19N3O4/c1-10(15-18-11(2)19-23-15)17-14(20)9-6-12-4-7-13(8-5-12)16(21)22-3/h4-5,7-8,10H,6,9H2,1-3H3,(H,17,20). The zero-order valence-corrected chi connectivity index (χ0v) is 13.3. The van der Waals surface area contributed by atoms with Crippen molar-refractivity contribution in [3.63, 3.8) is 0 Å². The van der Waals surface area contributed by atoms with Crippen molar-refractivity contribution in [3.05, 3.63) is 47.1 Å². The molecule has 7 nitrogen and oxygen atoms in total. The Morgan fingerprint density at radius 2 is 2.00 bits per heavy atom. The highest BCUT2D eigenvalue weighted by atomic mass is 16.5. The smallest absolute Gasteiger partial charge is 0.337 e. The average molecular weight is 317 g/mol. The summed E-state index contributed by atoms with van der Waals surface area (Å²) in [4.78, 5) is 27.4. The highest BCUT2D eigenvalue weighted by Gasteiger charge is 2.15. The first-order chi connectivity index (χ1) is 11.0. The van der Waals surface area contributed by atoms with Crippen molar-refractivity contribution in [2.45, 2.75) is 32.7 Å². The van der Waals surface area contributed by atoms with E-state index in [1.54, 1.807) is 26.0 Å². The first kappa shape index (κ1) is 16.7. The summed E-state index contributed by atoms with van der Waals surface area (Å²) in [5, 5.41) is 6.50. The summed E-state index contributed by atoms with van der Waals surface area (Å²) >= 11 is 0. The first-order valence-electron chi connectivity index (χ1n) is 7.26. The van der Waals surface area contributed by atoms with Gasteiger partial charge < -0.3 is 14.6 Å². The number of hydrogen-bond acceptors (Lipinski definition) is 6. The van der Waals surface area contributed by atoms with Crippen LogP contribution in [-0.4, -0.2) is 29.1 Å². The molecule has 1 heterocycles. The summed E-state index contributed by atoms with van der Waals surface area (Å²) in [5.74, 6) is 0.438. The van der Waals surface area contributed by atoms with Gasteiger partial charge in [0.2, 0.25) is 11.8 Å². The lowest BCUT2D eigenvalue weighted by Gasteiger charge is -2.09. The number of carbonyl (C=O) groups is 2. The SMILES string of the molecule is COC(=O)c1ccc(CCC(=O)NC(C)c2nc(C)no2)cc1. The van der Waals surface area contributed by atoms with E-state index >= 15 is 0 Å². The fourth-order valence-electron chi connectivity index (χ4n) is 2.05. The van der Waals surface area contributed by atoms with Crippen molar-refractivity contribution >= 4 is 11.9 Å². The van der Waals surface area contributed by atoms with Crippen LogP contribution in [0.1, 0.15) is 47.0 Å². The van der Waals surface area contributed by atoms with Gasteiger partial charge in [-0.1, -0.05) is 17.3 Å². The number of aromatic nitrogens is 2. The number of aryl methyl sites for hydroxylation is 2. The molecule has 23 heavy (non-hydrogen) atoms. The van der Waals surface area contributed by atoms with Gasteiger partial charge in [-0.15, -0.1) is 0 Å². The summed E-state index contributed by atoms with van der Waals surface area (Å²) in [6.07, 6.45) is 0.901. The third-order valence-corrected chi connectivity index (χ3v) is 3.31. The summed E-state index contributed by atoms with van der Waals surface area (Å²) in [6, 6.07) is 6.66. The highest BCUT2D eigenvalue weighted by molar-refractivity contribution is 5.89. The van der Waals surface area contributed by atoms with Gasteiger partial charge in [-0.05, 0) is 38.0 Å². The van der Waals surface area contributed by atoms with Crippen LogP contribution >= 0.6 is 0 Å². The average Bonchev–Trinajstić information content (AvgIpc) is 2.99. The summed E-state index contributed by atoms with van der Waals surface area (Å²) < 4.78 is 9.66. The molecule has 7 heteroatoms. The molecule has 0 radical (unpaired) electrons. The Balaban J connectivity index is 1.83. The minimum absolute atomic E-state index is 0.106. The normalized spacial score (nSPS) is 11.8. The maximum atomic E-state index is 12.0. The number of methoxy groups -OCH3 is 1. The molecule has 1 atom stereocenters. The van der Waals surface area contributed by atoms with Gasteiger partial charge >= 0.3 is 5.97 Å². The largest absolute Gasteiger partial charge is 0.465 e. The van der Waals surface area contributed by atoms with Crippen LogP contribution in [-0.2, 0) is 16.0 Å². The second-order valence-electron chi connectivity index (χ2n) is 5.16. The van der Waals surface area contributed by atoms with Gasteiger partial charge in [0.15, 0.2) is 5.82 Å². The van der Waals surface area contributed by atoms with E-state index in [9.17, 15) is 9.59 Å². The molecular weight excluding hydrogens is 298 g/mol. The van der Waals surface area contributed by atoms with Crippen molar-refractivity contribution < 1.29 is 18.8 Å². The second kappa shape index (κ2) is 7.53. The fraction of sp³-hybridized carbons (Fsp3) is 0.375. The van der Waals surface area contributed by atoms with Crippen molar-refractivity contribution in [1.82, 2.24) is 15.5 Å². The van der Waals surface area contributed by atoms with E-state index in [0.717, 1.165) is 5.56 Å². The highest BCUT2D eigenvalue weighted by Crippen LogP contribution is 2.11. The van der Waals surface area contributed by atoms with Crippen LogP contribution < -0.4 is 5.32 Å². The van der Waals surface area contributed by atoms with Gasteiger partial charge in [-0.2, -0.15) is 4.98 Å². The monoisotopic (exact) mass is 317 g/mol. The van der Waals surface area contributed by atoms with Gasteiger partial charge in [0, 0.05) is 6.42 Å². The molecule has 1 aromatic heterocycles. The molecule has 0 fully saturated rings. The fourth-order valence-corrected chi connectivity index (χ4v) is 2.05. The Labute approximate surface area is 134 Å². The van der Waals surface area contributed by atoms with Crippen LogP contribution in [0.4, 0.5) is 0 Å². The lowest BCUT2D eigenvalue weighted by atomic mass is 10.1. The molecule has 0 saturated heterocycles. The Hall–Kier alpha value is -2.70.